The molecule has 4 heteroatoms. The van der Waals surface area contributed by atoms with Crippen LogP contribution in [0.2, 0.25) is 0 Å². The molecule has 98 valence electrons. The van der Waals surface area contributed by atoms with Gasteiger partial charge in [0.1, 0.15) is 0 Å². The first-order chi connectivity index (χ1) is 9.11. The van der Waals surface area contributed by atoms with Crippen molar-refractivity contribution in [2.75, 3.05) is 13.2 Å². The summed E-state index contributed by atoms with van der Waals surface area (Å²) in [6.45, 7) is 2.69. The van der Waals surface area contributed by atoms with Crippen molar-refractivity contribution in [3.63, 3.8) is 0 Å². The van der Waals surface area contributed by atoms with Gasteiger partial charge in [-0.3, -0.25) is 9.78 Å². The summed E-state index contributed by atoms with van der Waals surface area (Å²) in [7, 11) is 0. The lowest BCUT2D eigenvalue weighted by molar-refractivity contribution is 0.0768. The Hall–Kier alpha value is -1.78. The van der Waals surface area contributed by atoms with Crippen molar-refractivity contribution < 1.29 is 9.53 Å². The Morgan fingerprint density at radius 2 is 2.32 bits per heavy atom. The maximum absolute atomic E-state index is 12.6. The number of Topliss-reactive ketones (excluding diaryl/α,β-unsaturated/α-hetero) is 1. The van der Waals surface area contributed by atoms with Crippen LogP contribution in [0, 0.1) is 5.41 Å². The summed E-state index contributed by atoms with van der Waals surface area (Å²) in [5, 5.41) is 1.02. The summed E-state index contributed by atoms with van der Waals surface area (Å²) in [5.74, 6) is 0.0325. The van der Waals surface area contributed by atoms with Crippen LogP contribution < -0.4 is 5.73 Å². The quantitative estimate of drug-likeness (QED) is 0.832. The van der Waals surface area contributed by atoms with Gasteiger partial charge in [-0.25, -0.2) is 0 Å². The van der Waals surface area contributed by atoms with Crippen LogP contribution in [0.15, 0.2) is 36.5 Å². The van der Waals surface area contributed by atoms with Crippen LogP contribution in [0.4, 0.5) is 0 Å². The second kappa shape index (κ2) is 4.40. The fraction of sp³-hybridized carbons (Fsp3) is 0.333. The third-order valence-electron chi connectivity index (χ3n) is 3.90. The minimum atomic E-state index is -0.636. The summed E-state index contributed by atoms with van der Waals surface area (Å²) in [4.78, 5) is 16.9. The zero-order chi connectivity index (χ0) is 13.5. The Morgan fingerprint density at radius 3 is 3.05 bits per heavy atom. The molecule has 0 saturated carbocycles. The number of nitrogens with two attached hydrogens (primary N) is 1. The van der Waals surface area contributed by atoms with Crippen LogP contribution in [0.1, 0.15) is 17.3 Å². The summed E-state index contributed by atoms with van der Waals surface area (Å²) in [6, 6.07) is 9.19. The fourth-order valence-electron chi connectivity index (χ4n) is 2.46. The van der Waals surface area contributed by atoms with Gasteiger partial charge < -0.3 is 10.5 Å². The van der Waals surface area contributed by atoms with Gasteiger partial charge in [-0.2, -0.15) is 0 Å². The Labute approximate surface area is 111 Å². The molecule has 1 aliphatic heterocycles. The minimum absolute atomic E-state index is 0.0325. The van der Waals surface area contributed by atoms with E-state index >= 15 is 0 Å². The van der Waals surface area contributed by atoms with Gasteiger partial charge in [-0.1, -0.05) is 18.2 Å². The van der Waals surface area contributed by atoms with E-state index in [1.54, 1.807) is 6.20 Å². The van der Waals surface area contributed by atoms with E-state index in [9.17, 15) is 4.79 Å². The zero-order valence-corrected chi connectivity index (χ0v) is 10.8. The SMILES string of the molecule is CC1(C(=O)c2ccc3cccnc3c2)COCC1N. The van der Waals surface area contributed by atoms with Gasteiger partial charge in [0.2, 0.25) is 0 Å². The molecule has 2 atom stereocenters. The van der Waals surface area contributed by atoms with Crippen molar-refractivity contribution in [3.05, 3.63) is 42.1 Å². The van der Waals surface area contributed by atoms with E-state index in [0.29, 0.717) is 18.8 Å². The van der Waals surface area contributed by atoms with Crippen LogP contribution in [0.5, 0.6) is 0 Å². The number of fused-ring (bicyclic) bond motifs is 1. The van der Waals surface area contributed by atoms with Crippen molar-refractivity contribution in [3.8, 4) is 0 Å². The van der Waals surface area contributed by atoms with Crippen LogP contribution in [-0.2, 0) is 4.74 Å². The predicted octanol–water partition coefficient (Wildman–Crippen LogP) is 1.78. The number of pyridine rings is 1. The summed E-state index contributed by atoms with van der Waals surface area (Å²) >= 11 is 0. The molecule has 0 radical (unpaired) electrons. The fourth-order valence-corrected chi connectivity index (χ4v) is 2.46. The Kier molecular flexibility index (Phi) is 2.84. The van der Waals surface area contributed by atoms with E-state index in [2.05, 4.69) is 4.98 Å². The zero-order valence-electron chi connectivity index (χ0n) is 10.8. The number of benzene rings is 1. The van der Waals surface area contributed by atoms with E-state index in [1.165, 1.54) is 0 Å². The predicted molar refractivity (Wildman–Crippen MR) is 73.0 cm³/mol. The third-order valence-corrected chi connectivity index (χ3v) is 3.90. The molecule has 0 spiro atoms. The molecule has 1 aromatic carbocycles. The van der Waals surface area contributed by atoms with E-state index in [0.717, 1.165) is 10.9 Å². The maximum atomic E-state index is 12.6. The molecular weight excluding hydrogens is 240 g/mol. The highest BCUT2D eigenvalue weighted by atomic mass is 16.5. The second-order valence-corrected chi connectivity index (χ2v) is 5.28. The number of rotatable bonds is 2. The monoisotopic (exact) mass is 256 g/mol. The maximum Gasteiger partial charge on any atom is 0.172 e. The number of aromatic nitrogens is 1. The van der Waals surface area contributed by atoms with Gasteiger partial charge in [-0.15, -0.1) is 0 Å². The molecule has 0 aliphatic carbocycles. The van der Waals surface area contributed by atoms with Gasteiger partial charge in [0.05, 0.1) is 24.1 Å². The molecule has 0 bridgehead atoms. The molecule has 0 amide bonds. The topological polar surface area (TPSA) is 65.2 Å². The molecule has 2 aromatic rings. The Bertz CT molecular complexity index is 641. The van der Waals surface area contributed by atoms with Crippen molar-refractivity contribution in [1.82, 2.24) is 4.98 Å². The molecule has 1 saturated heterocycles. The van der Waals surface area contributed by atoms with Gasteiger partial charge in [-0.05, 0) is 19.1 Å². The molecule has 1 aliphatic rings. The average Bonchev–Trinajstić information content (AvgIpc) is 2.78. The van der Waals surface area contributed by atoms with Crippen molar-refractivity contribution >= 4 is 16.7 Å². The number of ketones is 1. The number of hydrogen-bond donors (Lipinski definition) is 1. The van der Waals surface area contributed by atoms with Gasteiger partial charge in [0.15, 0.2) is 5.78 Å². The smallest absolute Gasteiger partial charge is 0.172 e. The van der Waals surface area contributed by atoms with E-state index < -0.39 is 5.41 Å². The lowest BCUT2D eigenvalue weighted by Crippen LogP contribution is -2.44. The molecule has 3 rings (SSSR count). The third kappa shape index (κ3) is 1.93. The van der Waals surface area contributed by atoms with Crippen LogP contribution in [-0.4, -0.2) is 30.0 Å². The first-order valence-corrected chi connectivity index (χ1v) is 6.34. The van der Waals surface area contributed by atoms with E-state index in [4.69, 9.17) is 10.5 Å². The Balaban J connectivity index is 2.02. The van der Waals surface area contributed by atoms with E-state index in [1.807, 2.05) is 37.3 Å². The molecule has 1 fully saturated rings. The van der Waals surface area contributed by atoms with Crippen molar-refractivity contribution in [2.45, 2.75) is 13.0 Å². The number of carbonyl (C=O) groups excluding carboxylic acids is 1. The summed E-state index contributed by atoms with van der Waals surface area (Å²) < 4.78 is 5.34. The molecular formula is C15H16N2O2. The number of nitrogens with zero attached hydrogens (tertiary/aromatic N) is 1. The van der Waals surface area contributed by atoms with Crippen LogP contribution >= 0.6 is 0 Å². The lowest BCUT2D eigenvalue weighted by Gasteiger charge is -2.25. The molecule has 2 N–H and O–H groups in total. The van der Waals surface area contributed by atoms with E-state index in [-0.39, 0.29) is 11.8 Å². The highest BCUT2D eigenvalue weighted by molar-refractivity contribution is 6.03. The first-order valence-electron chi connectivity index (χ1n) is 6.34. The largest absolute Gasteiger partial charge is 0.379 e. The minimum Gasteiger partial charge on any atom is -0.379 e. The number of carbonyl (C=O) groups is 1. The van der Waals surface area contributed by atoms with Gasteiger partial charge in [0, 0.05) is 23.2 Å². The summed E-state index contributed by atoms with van der Waals surface area (Å²) in [6.07, 6.45) is 1.72. The second-order valence-electron chi connectivity index (χ2n) is 5.28. The molecule has 4 nitrogen and oxygen atoms in total. The first kappa shape index (κ1) is 12.3. The highest BCUT2D eigenvalue weighted by Crippen LogP contribution is 2.31. The van der Waals surface area contributed by atoms with Gasteiger partial charge >= 0.3 is 0 Å². The standard InChI is InChI=1S/C15H16N2O2/c1-15(9-19-8-13(15)16)14(18)11-5-4-10-3-2-6-17-12(10)7-11/h2-7,13H,8-9,16H2,1H3. The normalized spacial score (nSPS) is 26.7. The number of ether oxygens (including phenoxy) is 1. The van der Waals surface area contributed by atoms with Gasteiger partial charge in [0.25, 0.3) is 0 Å². The average molecular weight is 256 g/mol. The lowest BCUT2D eigenvalue weighted by atomic mass is 9.78. The van der Waals surface area contributed by atoms with Crippen LogP contribution in [0.25, 0.3) is 10.9 Å². The molecule has 2 heterocycles. The highest BCUT2D eigenvalue weighted by Gasteiger charge is 2.44. The Morgan fingerprint density at radius 1 is 1.47 bits per heavy atom. The molecule has 1 aromatic heterocycles. The molecule has 19 heavy (non-hydrogen) atoms. The number of hydrogen-bond acceptors (Lipinski definition) is 4. The summed E-state index contributed by atoms with van der Waals surface area (Å²) in [5.41, 5.74) is 6.84. The van der Waals surface area contributed by atoms with Crippen molar-refractivity contribution in [2.24, 2.45) is 11.1 Å². The van der Waals surface area contributed by atoms with Crippen LogP contribution in [0.3, 0.4) is 0 Å². The molecule has 2 unspecified atom stereocenters. The van der Waals surface area contributed by atoms with Crippen molar-refractivity contribution in [1.29, 1.82) is 0 Å².